The van der Waals surface area contributed by atoms with Crippen molar-refractivity contribution in [1.29, 1.82) is 0 Å². The first-order valence-electron chi connectivity index (χ1n) is 8.94. The highest BCUT2D eigenvalue weighted by atomic mass is 32.2. The van der Waals surface area contributed by atoms with Crippen LogP contribution in [0.15, 0.2) is 83.8 Å². The summed E-state index contributed by atoms with van der Waals surface area (Å²) in [7, 11) is 0. The van der Waals surface area contributed by atoms with Gasteiger partial charge in [-0.1, -0.05) is 60.7 Å². The number of benzene rings is 3. The highest BCUT2D eigenvalue weighted by molar-refractivity contribution is 8.00. The zero-order chi connectivity index (χ0) is 20.0. The van der Waals surface area contributed by atoms with Crippen molar-refractivity contribution in [2.45, 2.75) is 17.2 Å². The van der Waals surface area contributed by atoms with E-state index < -0.39 is 17.0 Å². The summed E-state index contributed by atoms with van der Waals surface area (Å²) in [4.78, 5) is 12.6. The summed E-state index contributed by atoms with van der Waals surface area (Å²) in [5, 5.41) is 2.97. The van der Waals surface area contributed by atoms with Crippen LogP contribution in [0.25, 0.3) is 0 Å². The number of nitrogens with one attached hydrogen (secondary N) is 1. The van der Waals surface area contributed by atoms with Crippen LogP contribution in [-0.4, -0.2) is 18.2 Å². The number of thioether (sulfide) groups is 1. The molecule has 1 N–H and O–H groups in total. The molecule has 0 atom stereocenters. The van der Waals surface area contributed by atoms with E-state index in [0.29, 0.717) is 6.54 Å². The lowest BCUT2D eigenvalue weighted by atomic mass is 9.76. The van der Waals surface area contributed by atoms with Gasteiger partial charge in [0.1, 0.15) is 11.6 Å². The van der Waals surface area contributed by atoms with Crippen LogP contribution in [0.4, 0.5) is 8.78 Å². The largest absolute Gasteiger partial charge is 0.354 e. The van der Waals surface area contributed by atoms with Crippen molar-refractivity contribution >= 4 is 17.7 Å². The Balaban J connectivity index is 1.69. The van der Waals surface area contributed by atoms with Gasteiger partial charge in [0.05, 0.1) is 5.75 Å². The maximum absolute atomic E-state index is 13.7. The molecule has 0 bridgehead atoms. The molecule has 144 valence electrons. The summed E-state index contributed by atoms with van der Waals surface area (Å²) in [5.41, 5.74) is 1.79. The maximum Gasteiger partial charge on any atom is 0.230 e. The molecule has 28 heavy (non-hydrogen) atoms. The van der Waals surface area contributed by atoms with Gasteiger partial charge < -0.3 is 5.32 Å². The van der Waals surface area contributed by atoms with E-state index in [1.54, 1.807) is 0 Å². The molecule has 0 radical (unpaired) electrons. The lowest BCUT2D eigenvalue weighted by Crippen LogP contribution is -2.40. The van der Waals surface area contributed by atoms with E-state index in [9.17, 15) is 13.6 Å². The average Bonchev–Trinajstić information content (AvgIpc) is 2.72. The predicted molar refractivity (Wildman–Crippen MR) is 109 cm³/mol. The number of halogens is 2. The Bertz CT molecular complexity index is 892. The summed E-state index contributed by atoms with van der Waals surface area (Å²) in [5.74, 6) is -1.43. The van der Waals surface area contributed by atoms with Crippen LogP contribution in [0.1, 0.15) is 18.1 Å². The van der Waals surface area contributed by atoms with E-state index in [0.717, 1.165) is 29.0 Å². The van der Waals surface area contributed by atoms with Crippen LogP contribution >= 0.6 is 11.8 Å². The van der Waals surface area contributed by atoms with Crippen LogP contribution in [0.5, 0.6) is 0 Å². The lowest BCUT2D eigenvalue weighted by Gasteiger charge is -2.31. The number of rotatable bonds is 7. The van der Waals surface area contributed by atoms with Crippen molar-refractivity contribution in [3.05, 3.63) is 102 Å². The number of hydrogen-bond donors (Lipinski definition) is 1. The van der Waals surface area contributed by atoms with Crippen molar-refractivity contribution in [2.24, 2.45) is 0 Å². The first-order chi connectivity index (χ1) is 13.5. The summed E-state index contributed by atoms with van der Waals surface area (Å²) in [6, 6.07) is 23.4. The molecule has 1 amide bonds. The van der Waals surface area contributed by atoms with Crippen LogP contribution < -0.4 is 5.32 Å². The third-order valence-electron chi connectivity index (χ3n) is 4.71. The van der Waals surface area contributed by atoms with Crippen molar-refractivity contribution < 1.29 is 13.6 Å². The van der Waals surface area contributed by atoms with Crippen molar-refractivity contribution in [2.75, 3.05) is 12.3 Å². The summed E-state index contributed by atoms with van der Waals surface area (Å²) in [6.07, 6.45) is 0. The molecule has 0 aliphatic heterocycles. The Morgan fingerprint density at radius 2 is 1.50 bits per heavy atom. The fourth-order valence-corrected chi connectivity index (χ4v) is 3.79. The van der Waals surface area contributed by atoms with Gasteiger partial charge in [0, 0.05) is 22.9 Å². The molecule has 3 aromatic carbocycles. The Kier molecular flexibility index (Phi) is 6.47. The SMILES string of the molecule is CC(CNC(=O)CSc1ccc(F)cc1F)(c1ccccc1)c1ccccc1. The van der Waals surface area contributed by atoms with E-state index >= 15 is 0 Å². The molecule has 0 saturated heterocycles. The van der Waals surface area contributed by atoms with Gasteiger partial charge in [-0.3, -0.25) is 4.79 Å². The lowest BCUT2D eigenvalue weighted by molar-refractivity contribution is -0.118. The second-order valence-corrected chi connectivity index (χ2v) is 7.72. The molecule has 0 aliphatic carbocycles. The van der Waals surface area contributed by atoms with Crippen LogP contribution in [0, 0.1) is 11.6 Å². The van der Waals surface area contributed by atoms with Crippen molar-refractivity contribution in [3.63, 3.8) is 0 Å². The zero-order valence-electron chi connectivity index (χ0n) is 15.5. The highest BCUT2D eigenvalue weighted by Gasteiger charge is 2.29. The van der Waals surface area contributed by atoms with Gasteiger partial charge in [0.15, 0.2) is 0 Å². The molecule has 3 rings (SSSR count). The molecule has 0 aliphatic rings. The first kappa shape index (κ1) is 20.1. The number of carbonyl (C=O) groups is 1. The third kappa shape index (κ3) is 4.78. The number of amides is 1. The fourth-order valence-electron chi connectivity index (χ4n) is 3.04. The molecule has 2 nitrogen and oxygen atoms in total. The van der Waals surface area contributed by atoms with Gasteiger partial charge in [0.25, 0.3) is 0 Å². The Labute approximate surface area is 168 Å². The molecular weight excluding hydrogens is 376 g/mol. The minimum Gasteiger partial charge on any atom is -0.354 e. The summed E-state index contributed by atoms with van der Waals surface area (Å²) >= 11 is 1.05. The standard InChI is InChI=1S/C23H21F2NOS/c1-23(17-8-4-2-5-9-17,18-10-6-3-7-11-18)16-26-22(27)15-28-21-13-12-19(24)14-20(21)25/h2-14H,15-16H2,1H3,(H,26,27). The molecule has 0 spiro atoms. The Morgan fingerprint density at radius 3 is 2.04 bits per heavy atom. The molecular formula is C23H21F2NOS. The second kappa shape index (κ2) is 9.02. The highest BCUT2D eigenvalue weighted by Crippen LogP contribution is 2.31. The van der Waals surface area contributed by atoms with Gasteiger partial charge in [0.2, 0.25) is 5.91 Å². The third-order valence-corrected chi connectivity index (χ3v) is 5.76. The maximum atomic E-state index is 13.7. The molecule has 0 unspecified atom stereocenters. The molecule has 0 fully saturated rings. The zero-order valence-corrected chi connectivity index (χ0v) is 16.3. The smallest absolute Gasteiger partial charge is 0.230 e. The molecule has 0 saturated carbocycles. The van der Waals surface area contributed by atoms with E-state index in [-0.39, 0.29) is 16.6 Å². The monoisotopic (exact) mass is 397 g/mol. The topological polar surface area (TPSA) is 29.1 Å². The Morgan fingerprint density at radius 1 is 0.929 bits per heavy atom. The minimum atomic E-state index is -0.656. The van der Waals surface area contributed by atoms with E-state index in [1.165, 1.54) is 12.1 Å². The van der Waals surface area contributed by atoms with E-state index in [1.807, 2.05) is 60.7 Å². The summed E-state index contributed by atoms with van der Waals surface area (Å²) in [6.45, 7) is 2.50. The van der Waals surface area contributed by atoms with Gasteiger partial charge in [-0.15, -0.1) is 11.8 Å². The second-order valence-electron chi connectivity index (χ2n) is 6.70. The van der Waals surface area contributed by atoms with Crippen LogP contribution in [0.3, 0.4) is 0 Å². The van der Waals surface area contributed by atoms with Gasteiger partial charge in [-0.25, -0.2) is 8.78 Å². The normalized spacial score (nSPS) is 11.2. The molecule has 0 heterocycles. The fraction of sp³-hybridized carbons (Fsp3) is 0.174. The van der Waals surface area contributed by atoms with Crippen molar-refractivity contribution in [1.82, 2.24) is 5.32 Å². The van der Waals surface area contributed by atoms with Crippen LogP contribution in [-0.2, 0) is 10.2 Å². The van der Waals surface area contributed by atoms with Crippen molar-refractivity contribution in [3.8, 4) is 0 Å². The minimum absolute atomic E-state index is 0.0577. The van der Waals surface area contributed by atoms with Crippen LogP contribution in [0.2, 0.25) is 0 Å². The molecule has 3 aromatic rings. The van der Waals surface area contributed by atoms with Gasteiger partial charge in [-0.2, -0.15) is 0 Å². The predicted octanol–water partition coefficient (Wildman–Crippen LogP) is 5.18. The average molecular weight is 397 g/mol. The van der Waals surface area contributed by atoms with E-state index in [2.05, 4.69) is 12.2 Å². The quantitative estimate of drug-likeness (QED) is 0.557. The Hall–Kier alpha value is -2.66. The number of carbonyl (C=O) groups excluding carboxylic acids is 1. The summed E-state index contributed by atoms with van der Waals surface area (Å²) < 4.78 is 26.7. The molecule has 0 aromatic heterocycles. The number of hydrogen-bond acceptors (Lipinski definition) is 2. The van der Waals surface area contributed by atoms with Gasteiger partial charge in [-0.05, 0) is 30.2 Å². The molecule has 5 heteroatoms. The van der Waals surface area contributed by atoms with Gasteiger partial charge >= 0.3 is 0 Å². The van der Waals surface area contributed by atoms with E-state index in [4.69, 9.17) is 0 Å². The first-order valence-corrected chi connectivity index (χ1v) is 9.93.